The summed E-state index contributed by atoms with van der Waals surface area (Å²) in [5, 5.41) is 16.2. The molecule has 112 valence electrons. The molecule has 2 aliphatic carbocycles. The number of rotatable bonds is 3. The van der Waals surface area contributed by atoms with E-state index in [1.54, 1.807) is 0 Å². The van der Waals surface area contributed by atoms with Crippen molar-refractivity contribution >= 4 is 0 Å². The number of fused-ring (bicyclic) bond motifs is 2. The third kappa shape index (κ3) is 1.65. The Kier molecular flexibility index (Phi) is 2.89. The lowest BCUT2D eigenvalue weighted by Crippen LogP contribution is -2.55. The molecule has 1 N–H and O–H groups in total. The number of hydrogen-bond acceptors (Lipinski definition) is 2. The van der Waals surface area contributed by atoms with Crippen molar-refractivity contribution in [3.63, 3.8) is 0 Å². The van der Waals surface area contributed by atoms with Gasteiger partial charge in [0.05, 0.1) is 11.3 Å². The second-order valence-electron chi connectivity index (χ2n) is 8.14. The van der Waals surface area contributed by atoms with E-state index < -0.39 is 5.60 Å². The molecule has 0 spiro atoms. The quantitative estimate of drug-likeness (QED) is 0.916. The van der Waals surface area contributed by atoms with Gasteiger partial charge in [-0.2, -0.15) is 5.10 Å². The largest absolute Gasteiger partial charge is 0.388 e. The highest BCUT2D eigenvalue weighted by atomic mass is 16.3. The van der Waals surface area contributed by atoms with E-state index in [1.807, 2.05) is 10.9 Å². The van der Waals surface area contributed by atoms with Gasteiger partial charge >= 0.3 is 0 Å². The van der Waals surface area contributed by atoms with Crippen molar-refractivity contribution in [2.75, 3.05) is 0 Å². The minimum Gasteiger partial charge on any atom is -0.388 e. The fourth-order valence-corrected chi connectivity index (χ4v) is 4.81. The fraction of sp³-hybridized carbons (Fsp3) is 0.824. The van der Waals surface area contributed by atoms with Gasteiger partial charge in [0.15, 0.2) is 0 Å². The standard InChI is InChI=1S/C17H28N2O/c1-12(2)19-9-7-14(18-19)11-17(20)15(3,4)13-6-8-16(17,5)10-13/h7,9,12-13,20H,6,8,10-11H2,1-5H3. The highest BCUT2D eigenvalue weighted by Crippen LogP contribution is 2.68. The molecule has 0 aromatic carbocycles. The third-order valence-corrected chi connectivity index (χ3v) is 6.46. The van der Waals surface area contributed by atoms with Crippen LogP contribution in [0.5, 0.6) is 0 Å². The van der Waals surface area contributed by atoms with Crippen LogP contribution >= 0.6 is 0 Å². The summed E-state index contributed by atoms with van der Waals surface area (Å²) in [5.74, 6) is 0.657. The zero-order valence-corrected chi connectivity index (χ0v) is 13.5. The number of hydrogen-bond donors (Lipinski definition) is 1. The van der Waals surface area contributed by atoms with Gasteiger partial charge in [0.2, 0.25) is 0 Å². The van der Waals surface area contributed by atoms with E-state index in [2.05, 4.69) is 45.8 Å². The van der Waals surface area contributed by atoms with Crippen molar-refractivity contribution in [1.82, 2.24) is 9.78 Å². The summed E-state index contributed by atoms with van der Waals surface area (Å²) >= 11 is 0. The zero-order chi connectivity index (χ0) is 14.8. The second kappa shape index (κ2) is 4.09. The van der Waals surface area contributed by atoms with E-state index in [1.165, 1.54) is 12.8 Å². The molecule has 3 heteroatoms. The van der Waals surface area contributed by atoms with Gasteiger partial charge in [-0.05, 0) is 55.9 Å². The predicted molar refractivity (Wildman–Crippen MR) is 80.5 cm³/mol. The van der Waals surface area contributed by atoms with Crippen molar-refractivity contribution in [3.05, 3.63) is 18.0 Å². The van der Waals surface area contributed by atoms with Gasteiger partial charge in [-0.15, -0.1) is 0 Å². The molecule has 1 heterocycles. The van der Waals surface area contributed by atoms with E-state index in [0.717, 1.165) is 12.1 Å². The maximum atomic E-state index is 11.5. The molecule has 3 atom stereocenters. The molecule has 0 radical (unpaired) electrons. The first-order chi connectivity index (χ1) is 9.20. The molecule has 0 aliphatic heterocycles. The van der Waals surface area contributed by atoms with Crippen LogP contribution < -0.4 is 0 Å². The summed E-state index contributed by atoms with van der Waals surface area (Å²) in [6.07, 6.45) is 6.31. The summed E-state index contributed by atoms with van der Waals surface area (Å²) in [7, 11) is 0. The zero-order valence-electron chi connectivity index (χ0n) is 13.5. The van der Waals surface area contributed by atoms with Crippen molar-refractivity contribution in [1.29, 1.82) is 0 Å². The van der Waals surface area contributed by atoms with Crippen LogP contribution in [0.25, 0.3) is 0 Å². The summed E-state index contributed by atoms with van der Waals surface area (Å²) < 4.78 is 1.99. The topological polar surface area (TPSA) is 38.0 Å². The van der Waals surface area contributed by atoms with Crippen LogP contribution in [0, 0.1) is 16.7 Å². The van der Waals surface area contributed by atoms with Gasteiger partial charge in [0.25, 0.3) is 0 Å². The normalized spacial score (nSPS) is 38.9. The Morgan fingerprint density at radius 2 is 2.10 bits per heavy atom. The first-order valence-corrected chi connectivity index (χ1v) is 7.96. The Labute approximate surface area is 122 Å². The predicted octanol–water partition coefficient (Wildman–Crippen LogP) is 3.58. The minimum absolute atomic E-state index is 0.0123. The summed E-state index contributed by atoms with van der Waals surface area (Å²) in [5.41, 5.74) is 0.451. The highest BCUT2D eigenvalue weighted by molar-refractivity contribution is 5.21. The van der Waals surface area contributed by atoms with Crippen molar-refractivity contribution in [2.45, 2.75) is 71.9 Å². The molecular weight excluding hydrogens is 248 g/mol. The highest BCUT2D eigenvalue weighted by Gasteiger charge is 2.68. The second-order valence-corrected chi connectivity index (χ2v) is 8.14. The average Bonchev–Trinajstić information content (AvgIpc) is 2.98. The van der Waals surface area contributed by atoms with E-state index in [-0.39, 0.29) is 10.8 Å². The van der Waals surface area contributed by atoms with Crippen LogP contribution in [0.1, 0.15) is 65.6 Å². The fourth-order valence-electron chi connectivity index (χ4n) is 4.81. The first-order valence-electron chi connectivity index (χ1n) is 7.96. The molecule has 1 aromatic heterocycles. The van der Waals surface area contributed by atoms with Gasteiger partial charge in [0, 0.05) is 18.7 Å². The Hall–Kier alpha value is -0.830. The molecule has 20 heavy (non-hydrogen) atoms. The molecule has 3 rings (SSSR count). The maximum absolute atomic E-state index is 11.5. The van der Waals surface area contributed by atoms with E-state index in [9.17, 15) is 5.11 Å². The maximum Gasteiger partial charge on any atom is 0.0810 e. The SMILES string of the molecule is CC(C)n1ccc(CC2(O)C3(C)CCC(C3)C2(C)C)n1. The van der Waals surface area contributed by atoms with Gasteiger partial charge < -0.3 is 5.11 Å². The molecule has 0 amide bonds. The lowest BCUT2D eigenvalue weighted by Gasteiger charge is -2.50. The van der Waals surface area contributed by atoms with Gasteiger partial charge in [0.1, 0.15) is 0 Å². The Balaban J connectivity index is 1.91. The third-order valence-electron chi connectivity index (χ3n) is 6.46. The average molecular weight is 276 g/mol. The summed E-state index contributed by atoms with van der Waals surface area (Å²) in [6.45, 7) is 11.0. The molecule has 2 saturated carbocycles. The first kappa shape index (κ1) is 14.1. The Morgan fingerprint density at radius 3 is 2.60 bits per heavy atom. The number of aliphatic hydroxyl groups is 1. The lowest BCUT2D eigenvalue weighted by atomic mass is 9.59. The van der Waals surface area contributed by atoms with Crippen LogP contribution in [0.2, 0.25) is 0 Å². The van der Waals surface area contributed by atoms with Crippen molar-refractivity contribution in [2.24, 2.45) is 16.7 Å². The van der Waals surface area contributed by atoms with Gasteiger partial charge in [-0.25, -0.2) is 0 Å². The van der Waals surface area contributed by atoms with E-state index in [0.29, 0.717) is 18.4 Å². The Morgan fingerprint density at radius 1 is 1.40 bits per heavy atom. The molecular formula is C17H28N2O. The van der Waals surface area contributed by atoms with Gasteiger partial charge in [-0.1, -0.05) is 20.8 Å². The lowest BCUT2D eigenvalue weighted by molar-refractivity contribution is -0.142. The number of nitrogens with zero attached hydrogens (tertiary/aromatic N) is 2. The Bertz CT molecular complexity index is 512. The van der Waals surface area contributed by atoms with Crippen LogP contribution in [-0.4, -0.2) is 20.5 Å². The van der Waals surface area contributed by atoms with Crippen LogP contribution in [-0.2, 0) is 6.42 Å². The van der Waals surface area contributed by atoms with Crippen LogP contribution in [0.4, 0.5) is 0 Å². The molecule has 3 unspecified atom stereocenters. The van der Waals surface area contributed by atoms with Crippen molar-refractivity contribution in [3.8, 4) is 0 Å². The molecule has 2 bridgehead atoms. The molecule has 3 nitrogen and oxygen atoms in total. The summed E-state index contributed by atoms with van der Waals surface area (Å²) in [4.78, 5) is 0. The van der Waals surface area contributed by atoms with Crippen molar-refractivity contribution < 1.29 is 5.11 Å². The number of aromatic nitrogens is 2. The monoisotopic (exact) mass is 276 g/mol. The molecule has 0 saturated heterocycles. The molecule has 1 aromatic rings. The summed E-state index contributed by atoms with van der Waals surface area (Å²) in [6, 6.07) is 2.45. The van der Waals surface area contributed by atoms with E-state index in [4.69, 9.17) is 0 Å². The van der Waals surface area contributed by atoms with Crippen LogP contribution in [0.3, 0.4) is 0 Å². The van der Waals surface area contributed by atoms with Gasteiger partial charge in [-0.3, -0.25) is 4.68 Å². The molecule has 2 fully saturated rings. The smallest absolute Gasteiger partial charge is 0.0810 e. The minimum atomic E-state index is -0.626. The van der Waals surface area contributed by atoms with Crippen LogP contribution in [0.15, 0.2) is 12.3 Å². The molecule has 2 aliphatic rings. The van der Waals surface area contributed by atoms with E-state index >= 15 is 0 Å².